The number of unbranched alkanes of at least 4 members (excludes halogenated alkanes) is 2. The Labute approximate surface area is 126 Å². The molecule has 0 atom stereocenters. The molecule has 0 spiro atoms. The van der Waals surface area contributed by atoms with Crippen molar-refractivity contribution in [3.05, 3.63) is 0 Å². The third-order valence-electron chi connectivity index (χ3n) is 2.66. The molecule has 0 N–H and O–H groups in total. The van der Waals surface area contributed by atoms with Gasteiger partial charge >= 0.3 is 17.9 Å². The van der Waals surface area contributed by atoms with Gasteiger partial charge in [-0.3, -0.25) is 14.4 Å². The van der Waals surface area contributed by atoms with E-state index in [1.165, 1.54) is 6.92 Å². The number of carbonyl (C=O) groups is 3. The van der Waals surface area contributed by atoms with Crippen LogP contribution in [0.25, 0.3) is 0 Å². The Morgan fingerprint density at radius 2 is 1.29 bits per heavy atom. The molecule has 0 amide bonds. The van der Waals surface area contributed by atoms with E-state index in [0.717, 1.165) is 25.7 Å². The zero-order valence-electron chi connectivity index (χ0n) is 13.2. The van der Waals surface area contributed by atoms with Gasteiger partial charge in [-0.15, -0.1) is 0 Å². The average molecular weight is 302 g/mol. The molecule has 0 aliphatic carbocycles. The van der Waals surface area contributed by atoms with E-state index >= 15 is 0 Å². The lowest BCUT2D eigenvalue weighted by molar-refractivity contribution is -0.165. The van der Waals surface area contributed by atoms with Crippen LogP contribution < -0.4 is 0 Å². The quantitative estimate of drug-likeness (QED) is 0.431. The molecule has 6 heteroatoms. The van der Waals surface area contributed by atoms with Gasteiger partial charge in [0.2, 0.25) is 0 Å². The van der Waals surface area contributed by atoms with Crippen LogP contribution in [0.15, 0.2) is 0 Å². The third kappa shape index (κ3) is 11.9. The minimum absolute atomic E-state index is 0.0941. The van der Waals surface area contributed by atoms with Crippen LogP contribution in [0.1, 0.15) is 59.3 Å². The van der Waals surface area contributed by atoms with Gasteiger partial charge in [-0.2, -0.15) is 0 Å². The highest BCUT2D eigenvalue weighted by Gasteiger charge is 2.17. The number of hydrogen-bond donors (Lipinski definition) is 0. The third-order valence-corrected chi connectivity index (χ3v) is 2.66. The van der Waals surface area contributed by atoms with E-state index in [1.807, 2.05) is 13.8 Å². The standard InChI is InChI=1S/C15H26O6/c1-4-6-8-14(17)19-10-13(21-12(3)16)11-20-15(18)9-7-5-2/h13H,4-11H2,1-3H3. The van der Waals surface area contributed by atoms with Crippen LogP contribution in [-0.2, 0) is 28.6 Å². The summed E-state index contributed by atoms with van der Waals surface area (Å²) in [7, 11) is 0. The van der Waals surface area contributed by atoms with Crippen molar-refractivity contribution in [3.8, 4) is 0 Å². The summed E-state index contributed by atoms with van der Waals surface area (Å²) in [6.45, 7) is 5.02. The topological polar surface area (TPSA) is 78.9 Å². The van der Waals surface area contributed by atoms with Crippen LogP contribution in [0.2, 0.25) is 0 Å². The highest BCUT2D eigenvalue weighted by molar-refractivity contribution is 5.70. The molecule has 0 saturated carbocycles. The van der Waals surface area contributed by atoms with Crippen molar-refractivity contribution in [2.24, 2.45) is 0 Å². The smallest absolute Gasteiger partial charge is 0.305 e. The van der Waals surface area contributed by atoms with Crippen LogP contribution in [0.3, 0.4) is 0 Å². The fraction of sp³-hybridized carbons (Fsp3) is 0.800. The van der Waals surface area contributed by atoms with E-state index < -0.39 is 12.1 Å². The van der Waals surface area contributed by atoms with Crippen LogP contribution in [-0.4, -0.2) is 37.2 Å². The summed E-state index contributed by atoms with van der Waals surface area (Å²) in [4.78, 5) is 33.8. The van der Waals surface area contributed by atoms with Crippen LogP contribution in [0.5, 0.6) is 0 Å². The summed E-state index contributed by atoms with van der Waals surface area (Å²) >= 11 is 0. The van der Waals surface area contributed by atoms with Crippen LogP contribution in [0.4, 0.5) is 0 Å². The molecule has 0 heterocycles. The first-order valence-electron chi connectivity index (χ1n) is 7.48. The van der Waals surface area contributed by atoms with E-state index in [2.05, 4.69) is 0 Å². The lowest BCUT2D eigenvalue weighted by atomic mass is 10.2. The number of carbonyl (C=O) groups excluding carboxylic acids is 3. The van der Waals surface area contributed by atoms with Crippen molar-refractivity contribution in [2.45, 2.75) is 65.4 Å². The van der Waals surface area contributed by atoms with Gasteiger partial charge in [0.25, 0.3) is 0 Å². The van der Waals surface area contributed by atoms with Crippen LogP contribution >= 0.6 is 0 Å². The molecule has 122 valence electrons. The summed E-state index contributed by atoms with van der Waals surface area (Å²) in [6, 6.07) is 0. The summed E-state index contributed by atoms with van der Waals surface area (Å²) in [5.74, 6) is -1.19. The molecular weight excluding hydrogens is 276 g/mol. The van der Waals surface area contributed by atoms with Gasteiger partial charge in [-0.25, -0.2) is 0 Å². The maximum Gasteiger partial charge on any atom is 0.305 e. The van der Waals surface area contributed by atoms with E-state index in [1.54, 1.807) is 0 Å². The molecule has 0 saturated heterocycles. The van der Waals surface area contributed by atoms with E-state index in [-0.39, 0.29) is 25.2 Å². The Kier molecular flexibility index (Phi) is 11.3. The zero-order valence-corrected chi connectivity index (χ0v) is 13.2. The Balaban J connectivity index is 4.10. The Hall–Kier alpha value is -1.59. The van der Waals surface area contributed by atoms with Crippen molar-refractivity contribution < 1.29 is 28.6 Å². The van der Waals surface area contributed by atoms with Crippen molar-refractivity contribution in [2.75, 3.05) is 13.2 Å². The second kappa shape index (κ2) is 12.2. The molecule has 0 unspecified atom stereocenters. The van der Waals surface area contributed by atoms with Gasteiger partial charge in [-0.05, 0) is 12.8 Å². The van der Waals surface area contributed by atoms with Crippen molar-refractivity contribution >= 4 is 17.9 Å². The van der Waals surface area contributed by atoms with Crippen molar-refractivity contribution in [1.82, 2.24) is 0 Å². The van der Waals surface area contributed by atoms with Gasteiger partial charge in [0, 0.05) is 19.8 Å². The Bertz CT molecular complexity index is 302. The maximum absolute atomic E-state index is 11.4. The first-order chi connectivity index (χ1) is 9.99. The minimum atomic E-state index is -0.751. The predicted octanol–water partition coefficient (Wildman–Crippen LogP) is 2.38. The monoisotopic (exact) mass is 302 g/mol. The number of esters is 3. The normalized spacial score (nSPS) is 10.3. The van der Waals surface area contributed by atoms with Gasteiger partial charge in [-0.1, -0.05) is 26.7 Å². The molecule has 0 rings (SSSR count). The molecule has 0 radical (unpaired) electrons. The molecule has 0 aliphatic heterocycles. The molecule has 0 aliphatic rings. The van der Waals surface area contributed by atoms with E-state index in [9.17, 15) is 14.4 Å². The Morgan fingerprint density at radius 1 is 0.857 bits per heavy atom. The highest BCUT2D eigenvalue weighted by Crippen LogP contribution is 2.03. The molecule has 0 fully saturated rings. The molecule has 0 aromatic carbocycles. The SMILES string of the molecule is CCCCC(=O)OCC(COC(=O)CCCC)OC(C)=O. The lowest BCUT2D eigenvalue weighted by Crippen LogP contribution is -2.30. The first-order valence-corrected chi connectivity index (χ1v) is 7.48. The fourth-order valence-electron chi connectivity index (χ4n) is 1.51. The maximum atomic E-state index is 11.4. The first kappa shape index (κ1) is 19.4. The fourth-order valence-corrected chi connectivity index (χ4v) is 1.51. The molecular formula is C15H26O6. The second-order valence-corrected chi connectivity index (χ2v) is 4.80. The minimum Gasteiger partial charge on any atom is -0.462 e. The molecule has 21 heavy (non-hydrogen) atoms. The number of rotatable bonds is 11. The molecule has 0 aromatic rings. The highest BCUT2D eigenvalue weighted by atomic mass is 16.6. The zero-order chi connectivity index (χ0) is 16.1. The van der Waals surface area contributed by atoms with E-state index in [0.29, 0.717) is 12.8 Å². The molecule has 0 bridgehead atoms. The predicted molar refractivity (Wildman–Crippen MR) is 76.5 cm³/mol. The molecule has 6 nitrogen and oxygen atoms in total. The number of ether oxygens (including phenoxy) is 3. The summed E-state index contributed by atoms with van der Waals surface area (Å²) in [5, 5.41) is 0. The van der Waals surface area contributed by atoms with E-state index in [4.69, 9.17) is 14.2 Å². The Morgan fingerprint density at radius 3 is 1.62 bits per heavy atom. The average Bonchev–Trinajstić information content (AvgIpc) is 2.45. The van der Waals surface area contributed by atoms with Gasteiger partial charge in [0.05, 0.1) is 0 Å². The van der Waals surface area contributed by atoms with Crippen molar-refractivity contribution in [3.63, 3.8) is 0 Å². The summed E-state index contributed by atoms with van der Waals surface area (Å²) < 4.78 is 15.0. The largest absolute Gasteiger partial charge is 0.462 e. The van der Waals surface area contributed by atoms with Gasteiger partial charge < -0.3 is 14.2 Å². The van der Waals surface area contributed by atoms with Crippen molar-refractivity contribution in [1.29, 1.82) is 0 Å². The molecule has 0 aromatic heterocycles. The van der Waals surface area contributed by atoms with Gasteiger partial charge in [0.15, 0.2) is 6.10 Å². The van der Waals surface area contributed by atoms with Crippen LogP contribution in [0, 0.1) is 0 Å². The summed E-state index contributed by atoms with van der Waals surface area (Å²) in [5.41, 5.74) is 0. The lowest BCUT2D eigenvalue weighted by Gasteiger charge is -2.17. The number of hydrogen-bond acceptors (Lipinski definition) is 6. The second-order valence-electron chi connectivity index (χ2n) is 4.80. The summed E-state index contributed by atoms with van der Waals surface area (Å²) in [6.07, 6.45) is 3.22. The van der Waals surface area contributed by atoms with Gasteiger partial charge in [0.1, 0.15) is 13.2 Å².